The van der Waals surface area contributed by atoms with Gasteiger partial charge >= 0.3 is 6.09 Å². The molecule has 2 N–H and O–H groups in total. The van der Waals surface area contributed by atoms with Crippen molar-refractivity contribution >= 4 is 36.0 Å². The fraction of sp³-hybridized carbons (Fsp3) is 0.800. The summed E-state index contributed by atoms with van der Waals surface area (Å²) in [4.78, 5) is 18.5. The molecule has 1 saturated heterocycles. The van der Waals surface area contributed by atoms with Gasteiger partial charge in [0.25, 0.3) is 0 Å². The van der Waals surface area contributed by atoms with Gasteiger partial charge in [0.15, 0.2) is 5.96 Å². The molecule has 3 heterocycles. The quantitative estimate of drug-likeness (QED) is 0.343. The monoisotopic (exact) mass is 533 g/mol. The van der Waals surface area contributed by atoms with E-state index in [1.165, 1.54) is 19.3 Å². The molecule has 0 aromatic carbocycles. The third-order valence-corrected chi connectivity index (χ3v) is 5.01. The van der Waals surface area contributed by atoms with E-state index >= 15 is 0 Å². The Balaban J connectivity index is 0.00000320. The zero-order valence-corrected chi connectivity index (χ0v) is 20.9. The van der Waals surface area contributed by atoms with Gasteiger partial charge in [0, 0.05) is 45.6 Å². The van der Waals surface area contributed by atoms with E-state index in [0.717, 1.165) is 43.5 Å². The number of nitrogens with zero attached hydrogens (tertiary/aromatic N) is 5. The number of aliphatic imine (C=N–C) groups is 1. The highest BCUT2D eigenvalue weighted by molar-refractivity contribution is 14.0. The maximum atomic E-state index is 12.1. The van der Waals surface area contributed by atoms with E-state index in [0.29, 0.717) is 19.6 Å². The molecular weight excluding hydrogens is 497 g/mol. The first-order valence-corrected chi connectivity index (χ1v) is 10.8. The minimum Gasteiger partial charge on any atom is -0.444 e. The summed E-state index contributed by atoms with van der Waals surface area (Å²) >= 11 is 0. The van der Waals surface area contributed by atoms with Crippen molar-refractivity contribution in [2.75, 3.05) is 26.2 Å². The number of fused-ring (bicyclic) bond motifs is 1. The van der Waals surface area contributed by atoms with E-state index in [2.05, 4.69) is 25.4 Å². The van der Waals surface area contributed by atoms with Crippen LogP contribution in [0.25, 0.3) is 0 Å². The Bertz CT molecular complexity index is 723. The normalized spacial score (nSPS) is 17.3. The van der Waals surface area contributed by atoms with E-state index in [1.807, 2.05) is 27.7 Å². The van der Waals surface area contributed by atoms with Crippen LogP contribution >= 0.6 is 24.0 Å². The second-order valence-electron chi connectivity index (χ2n) is 8.73. The van der Waals surface area contributed by atoms with Gasteiger partial charge in [-0.25, -0.2) is 4.79 Å². The molecule has 170 valence electrons. The van der Waals surface area contributed by atoms with Gasteiger partial charge in [-0.05, 0) is 40.5 Å². The van der Waals surface area contributed by atoms with Crippen LogP contribution in [0.4, 0.5) is 4.79 Å². The van der Waals surface area contributed by atoms with E-state index in [-0.39, 0.29) is 36.1 Å². The van der Waals surface area contributed by atoms with E-state index < -0.39 is 5.60 Å². The molecule has 2 aliphatic rings. The van der Waals surface area contributed by atoms with Crippen LogP contribution in [0.15, 0.2) is 4.99 Å². The predicted octanol–water partition coefficient (Wildman–Crippen LogP) is 2.34. The molecule has 0 aliphatic carbocycles. The fourth-order valence-electron chi connectivity index (χ4n) is 3.56. The average Bonchev–Trinajstić information content (AvgIpc) is 2.83. The molecule has 3 rings (SSSR count). The Morgan fingerprint density at radius 2 is 2.00 bits per heavy atom. The zero-order valence-electron chi connectivity index (χ0n) is 18.6. The number of carbonyl (C=O) groups excluding carboxylic acids is 1. The zero-order chi connectivity index (χ0) is 20.9. The Hall–Kier alpha value is -1.59. The van der Waals surface area contributed by atoms with Gasteiger partial charge in [-0.1, -0.05) is 6.42 Å². The highest BCUT2D eigenvalue weighted by atomic mass is 127. The number of ether oxygens (including phenoxy) is 1. The van der Waals surface area contributed by atoms with Gasteiger partial charge in [0.05, 0.1) is 6.04 Å². The van der Waals surface area contributed by atoms with Gasteiger partial charge in [0.2, 0.25) is 0 Å². The summed E-state index contributed by atoms with van der Waals surface area (Å²) in [6.45, 7) is 11.4. The fourth-order valence-corrected chi connectivity index (χ4v) is 3.56. The van der Waals surface area contributed by atoms with E-state index in [9.17, 15) is 4.79 Å². The molecule has 9 nitrogen and oxygen atoms in total. The molecule has 0 spiro atoms. The molecule has 0 unspecified atom stereocenters. The Morgan fingerprint density at radius 1 is 1.23 bits per heavy atom. The number of rotatable bonds is 5. The lowest BCUT2D eigenvalue weighted by Crippen LogP contribution is -2.63. The summed E-state index contributed by atoms with van der Waals surface area (Å²) in [6.07, 6.45) is 5.20. The van der Waals surface area contributed by atoms with Gasteiger partial charge in [-0.3, -0.25) is 4.99 Å². The number of halogens is 1. The second-order valence-corrected chi connectivity index (χ2v) is 8.73. The van der Waals surface area contributed by atoms with Crippen molar-refractivity contribution in [3.8, 4) is 0 Å². The molecule has 0 radical (unpaired) electrons. The second kappa shape index (κ2) is 11.1. The van der Waals surface area contributed by atoms with Gasteiger partial charge in [-0.2, -0.15) is 0 Å². The molecule has 10 heteroatoms. The van der Waals surface area contributed by atoms with Crippen LogP contribution in [0, 0.1) is 0 Å². The molecule has 1 aromatic heterocycles. The van der Waals surface area contributed by atoms with Crippen LogP contribution in [0.1, 0.15) is 58.6 Å². The standard InChI is InChI=1S/C20H35N7O2.HI/c1-5-21-18(23-15-13-26(14-15)19(28)29-20(2,3)4)22-11-10-17-25-24-16-9-7-6-8-12-27(16)17;/h15H,5-14H2,1-4H3,(H2,21,22,23);1H. The van der Waals surface area contributed by atoms with Crippen molar-refractivity contribution in [3.05, 3.63) is 11.6 Å². The third-order valence-electron chi connectivity index (χ3n) is 5.01. The topological polar surface area (TPSA) is 96.7 Å². The van der Waals surface area contributed by atoms with Crippen LogP contribution in [0.5, 0.6) is 0 Å². The highest BCUT2D eigenvalue weighted by Gasteiger charge is 2.34. The van der Waals surface area contributed by atoms with Crippen LogP contribution in [-0.4, -0.2) is 69.5 Å². The lowest BCUT2D eigenvalue weighted by Gasteiger charge is -2.40. The number of hydrogen-bond donors (Lipinski definition) is 2. The van der Waals surface area contributed by atoms with Crippen LogP contribution in [-0.2, 0) is 24.1 Å². The summed E-state index contributed by atoms with van der Waals surface area (Å²) in [5.74, 6) is 2.92. The number of guanidine groups is 1. The van der Waals surface area contributed by atoms with E-state index in [4.69, 9.17) is 9.73 Å². The van der Waals surface area contributed by atoms with Crippen molar-refractivity contribution in [2.24, 2.45) is 4.99 Å². The number of hydrogen-bond acceptors (Lipinski definition) is 5. The molecule has 1 amide bonds. The summed E-state index contributed by atoms with van der Waals surface area (Å²) in [5, 5.41) is 15.4. The third kappa shape index (κ3) is 6.98. The summed E-state index contributed by atoms with van der Waals surface area (Å²) < 4.78 is 7.67. The number of amides is 1. The minimum atomic E-state index is -0.466. The number of aryl methyl sites for hydroxylation is 1. The van der Waals surface area contributed by atoms with Gasteiger partial charge in [-0.15, -0.1) is 34.2 Å². The molecular formula is C20H36IN7O2. The van der Waals surface area contributed by atoms with Crippen LogP contribution < -0.4 is 10.6 Å². The SMILES string of the molecule is CCNC(=NCCc1nnc2n1CCCCC2)NC1CN(C(=O)OC(C)(C)C)C1.I. The first kappa shape index (κ1) is 24.7. The summed E-state index contributed by atoms with van der Waals surface area (Å²) in [7, 11) is 0. The first-order chi connectivity index (χ1) is 13.9. The van der Waals surface area contributed by atoms with Crippen molar-refractivity contribution in [2.45, 2.75) is 78.0 Å². The van der Waals surface area contributed by atoms with E-state index in [1.54, 1.807) is 4.90 Å². The molecule has 2 aliphatic heterocycles. The predicted molar refractivity (Wildman–Crippen MR) is 127 cm³/mol. The van der Waals surface area contributed by atoms with Crippen molar-refractivity contribution < 1.29 is 9.53 Å². The van der Waals surface area contributed by atoms with Crippen LogP contribution in [0.3, 0.4) is 0 Å². The number of nitrogens with one attached hydrogen (secondary N) is 2. The molecule has 0 bridgehead atoms. The maximum absolute atomic E-state index is 12.1. The van der Waals surface area contributed by atoms with Crippen molar-refractivity contribution in [1.82, 2.24) is 30.3 Å². The Morgan fingerprint density at radius 3 is 2.70 bits per heavy atom. The molecule has 1 aromatic rings. The first-order valence-electron chi connectivity index (χ1n) is 10.8. The number of aromatic nitrogens is 3. The number of likely N-dealkylation sites (tertiary alicyclic amines) is 1. The maximum Gasteiger partial charge on any atom is 0.410 e. The number of carbonyl (C=O) groups is 1. The largest absolute Gasteiger partial charge is 0.444 e. The van der Waals surface area contributed by atoms with Gasteiger partial charge < -0.3 is 24.8 Å². The average molecular weight is 533 g/mol. The smallest absolute Gasteiger partial charge is 0.410 e. The summed E-state index contributed by atoms with van der Waals surface area (Å²) in [6, 6.07) is 0.185. The van der Waals surface area contributed by atoms with Crippen LogP contribution in [0.2, 0.25) is 0 Å². The lowest BCUT2D eigenvalue weighted by atomic mass is 10.1. The Kier molecular flexibility index (Phi) is 9.17. The van der Waals surface area contributed by atoms with Gasteiger partial charge in [0.1, 0.15) is 17.2 Å². The summed E-state index contributed by atoms with van der Waals surface area (Å²) in [5.41, 5.74) is -0.466. The molecule has 30 heavy (non-hydrogen) atoms. The van der Waals surface area contributed by atoms with Crippen molar-refractivity contribution in [3.63, 3.8) is 0 Å². The minimum absolute atomic E-state index is 0. The van der Waals surface area contributed by atoms with Crippen molar-refractivity contribution in [1.29, 1.82) is 0 Å². The lowest BCUT2D eigenvalue weighted by molar-refractivity contribution is 0.00700. The highest BCUT2D eigenvalue weighted by Crippen LogP contribution is 2.16. The molecule has 1 fully saturated rings. The molecule has 0 saturated carbocycles. The Labute approximate surface area is 196 Å². The molecule has 0 atom stereocenters.